The van der Waals surface area contributed by atoms with E-state index >= 15 is 0 Å². The van der Waals surface area contributed by atoms with E-state index in [0.29, 0.717) is 5.76 Å². The van der Waals surface area contributed by atoms with Crippen molar-refractivity contribution in [3.8, 4) is 0 Å². The van der Waals surface area contributed by atoms with Gasteiger partial charge in [0.05, 0.1) is 6.26 Å². The molecule has 0 radical (unpaired) electrons. The average molecular weight is 391 g/mol. The van der Waals surface area contributed by atoms with Gasteiger partial charge in [0, 0.05) is 31.4 Å². The molecule has 1 amide bonds. The first kappa shape index (κ1) is 19.4. The molecule has 150 valence electrons. The van der Waals surface area contributed by atoms with Crippen molar-refractivity contribution in [2.45, 2.75) is 25.3 Å². The Balaban J connectivity index is 1.40. The van der Waals surface area contributed by atoms with Gasteiger partial charge in [-0.05, 0) is 61.2 Å². The van der Waals surface area contributed by atoms with Crippen LogP contribution in [0.2, 0.25) is 0 Å². The summed E-state index contributed by atoms with van der Waals surface area (Å²) in [5.41, 5.74) is 2.05. The van der Waals surface area contributed by atoms with Gasteiger partial charge in [0.2, 0.25) is 0 Å². The number of para-hydroxylation sites is 1. The Bertz CT molecular complexity index is 902. The van der Waals surface area contributed by atoms with E-state index in [-0.39, 0.29) is 17.8 Å². The summed E-state index contributed by atoms with van der Waals surface area (Å²) in [4.78, 5) is 17.4. The Kier molecular flexibility index (Phi) is 6.06. The fraction of sp³-hybridized carbons (Fsp3) is 0.292. The molecule has 2 heterocycles. The number of nitrogens with zero attached hydrogens (tertiary/aromatic N) is 2. The quantitative estimate of drug-likeness (QED) is 0.607. The Morgan fingerprint density at radius 2 is 1.72 bits per heavy atom. The van der Waals surface area contributed by atoms with Crippen LogP contribution in [-0.4, -0.2) is 36.5 Å². The van der Waals surface area contributed by atoms with E-state index in [0.717, 1.165) is 50.1 Å². The highest BCUT2D eigenvalue weighted by atomic mass is 18.2. The fourth-order valence-electron chi connectivity index (χ4n) is 3.94. The number of hydrogen-bond donors (Lipinski definition) is 0. The van der Waals surface area contributed by atoms with E-state index < -0.39 is 0 Å². The molecule has 4 nitrogen and oxygen atoms in total. The number of amides is 1. The van der Waals surface area contributed by atoms with Gasteiger partial charge in [0.1, 0.15) is 5.82 Å². The van der Waals surface area contributed by atoms with Crippen molar-refractivity contribution in [2.75, 3.05) is 24.5 Å². The fourth-order valence-corrected chi connectivity index (χ4v) is 3.94. The molecule has 0 aliphatic carbocycles. The largest absolute Gasteiger partial charge is 0.459 e. The molecule has 0 spiro atoms. The highest BCUT2D eigenvalue weighted by Crippen LogP contribution is 2.26. The van der Waals surface area contributed by atoms with Crippen LogP contribution < -0.4 is 4.90 Å². The average Bonchev–Trinajstić information content (AvgIpc) is 3.30. The van der Waals surface area contributed by atoms with Crippen LogP contribution in [0.3, 0.4) is 0 Å². The molecule has 0 atom stereocenters. The van der Waals surface area contributed by atoms with Gasteiger partial charge < -0.3 is 14.2 Å². The minimum absolute atomic E-state index is 0.0917. The molecular weight excluding hydrogens is 366 g/mol. The minimum atomic E-state index is -0.197. The lowest BCUT2D eigenvalue weighted by atomic mass is 10.0. The second-order valence-electron chi connectivity index (χ2n) is 7.44. The Hall–Kier alpha value is -2.92. The molecule has 1 aromatic heterocycles. The number of carbonyl (C=O) groups excluding carboxylic acids is 1. The molecule has 3 aromatic rings. The minimum Gasteiger partial charge on any atom is -0.459 e. The van der Waals surface area contributed by atoms with Crippen LogP contribution in [0.1, 0.15) is 29.0 Å². The number of likely N-dealkylation sites (tertiary alicyclic amines) is 1. The molecule has 0 unspecified atom stereocenters. The smallest absolute Gasteiger partial charge is 0.294 e. The van der Waals surface area contributed by atoms with Crippen molar-refractivity contribution in [2.24, 2.45) is 0 Å². The summed E-state index contributed by atoms with van der Waals surface area (Å²) in [6.07, 6.45) is 4.25. The summed E-state index contributed by atoms with van der Waals surface area (Å²) in [7, 11) is 0. The molecule has 1 aliphatic heterocycles. The molecule has 29 heavy (non-hydrogen) atoms. The molecule has 1 fully saturated rings. The first-order valence-corrected chi connectivity index (χ1v) is 10.1. The Labute approximate surface area is 170 Å². The topological polar surface area (TPSA) is 36.7 Å². The molecule has 1 aliphatic rings. The van der Waals surface area contributed by atoms with Crippen LogP contribution >= 0.6 is 0 Å². The zero-order chi connectivity index (χ0) is 20.1. The van der Waals surface area contributed by atoms with Crippen molar-refractivity contribution in [3.05, 3.63) is 90.1 Å². The van der Waals surface area contributed by atoms with E-state index in [1.807, 2.05) is 47.4 Å². The third kappa shape index (κ3) is 4.74. The second-order valence-corrected chi connectivity index (χ2v) is 7.44. The maximum absolute atomic E-state index is 13.1. The van der Waals surface area contributed by atoms with Crippen molar-refractivity contribution >= 4 is 11.6 Å². The third-order valence-electron chi connectivity index (χ3n) is 5.54. The van der Waals surface area contributed by atoms with Gasteiger partial charge in [0.25, 0.3) is 5.91 Å². The zero-order valence-electron chi connectivity index (χ0n) is 16.3. The third-order valence-corrected chi connectivity index (χ3v) is 5.54. The van der Waals surface area contributed by atoms with Gasteiger partial charge in [-0.2, -0.15) is 0 Å². The predicted octanol–water partition coefficient (Wildman–Crippen LogP) is 4.77. The van der Waals surface area contributed by atoms with Gasteiger partial charge in [-0.25, -0.2) is 4.39 Å². The number of furan rings is 1. The van der Waals surface area contributed by atoms with E-state index in [4.69, 9.17) is 4.42 Å². The highest BCUT2D eigenvalue weighted by Gasteiger charge is 2.30. The molecule has 0 bridgehead atoms. The highest BCUT2D eigenvalue weighted by molar-refractivity contribution is 6.04. The normalized spacial score (nSPS) is 15.3. The lowest BCUT2D eigenvalue weighted by molar-refractivity contribution is 0.0933. The second kappa shape index (κ2) is 9.05. The monoisotopic (exact) mass is 391 g/mol. The van der Waals surface area contributed by atoms with Crippen molar-refractivity contribution in [1.82, 2.24) is 4.90 Å². The standard InChI is InChI=1S/C24H25FN2O2/c25-20-10-8-19(9-11-20)12-15-26-16-13-22(14-17-26)27(21-5-2-1-3-6-21)24(28)23-7-4-18-29-23/h1-11,18,22H,12-17H2/i25-1. The zero-order valence-corrected chi connectivity index (χ0v) is 16.3. The van der Waals surface area contributed by atoms with Crippen LogP contribution in [0.15, 0.2) is 77.4 Å². The van der Waals surface area contributed by atoms with Crippen LogP contribution in [-0.2, 0) is 6.42 Å². The first-order chi connectivity index (χ1) is 14.2. The maximum Gasteiger partial charge on any atom is 0.294 e. The van der Waals surface area contributed by atoms with Crippen LogP contribution in [0.4, 0.5) is 10.1 Å². The summed E-state index contributed by atoms with van der Waals surface area (Å²) < 4.78 is 18.4. The van der Waals surface area contributed by atoms with Gasteiger partial charge in [-0.1, -0.05) is 30.3 Å². The van der Waals surface area contributed by atoms with E-state index in [1.54, 1.807) is 12.1 Å². The van der Waals surface area contributed by atoms with Gasteiger partial charge >= 0.3 is 0 Å². The lowest BCUT2D eigenvalue weighted by Crippen LogP contribution is -2.48. The van der Waals surface area contributed by atoms with Gasteiger partial charge in [-0.3, -0.25) is 4.79 Å². The summed E-state index contributed by atoms with van der Waals surface area (Å²) >= 11 is 0. The number of piperidine rings is 1. The summed E-state index contributed by atoms with van der Waals surface area (Å²) in [5, 5.41) is 0. The number of anilines is 1. The van der Waals surface area contributed by atoms with Crippen molar-refractivity contribution < 1.29 is 13.6 Å². The van der Waals surface area contributed by atoms with Crippen molar-refractivity contribution in [3.63, 3.8) is 0 Å². The molecule has 5 heteroatoms. The Morgan fingerprint density at radius 3 is 2.38 bits per heavy atom. The number of benzene rings is 2. The number of hydrogen-bond acceptors (Lipinski definition) is 3. The van der Waals surface area contributed by atoms with Gasteiger partial charge in [0.15, 0.2) is 5.76 Å². The molecular formula is C24H25FN2O2. The number of halogens is 1. The summed E-state index contributed by atoms with van der Waals surface area (Å²) in [6, 6.07) is 20.1. The van der Waals surface area contributed by atoms with E-state index in [2.05, 4.69) is 4.90 Å². The van der Waals surface area contributed by atoms with Gasteiger partial charge in [-0.15, -0.1) is 0 Å². The van der Waals surface area contributed by atoms with E-state index in [1.165, 1.54) is 18.4 Å². The molecule has 2 aromatic carbocycles. The Morgan fingerprint density at radius 1 is 1.00 bits per heavy atom. The predicted molar refractivity (Wildman–Crippen MR) is 112 cm³/mol. The number of rotatable bonds is 6. The summed E-state index contributed by atoms with van der Waals surface area (Å²) in [6.45, 7) is 2.80. The molecule has 0 saturated carbocycles. The van der Waals surface area contributed by atoms with Crippen LogP contribution in [0, 0.1) is 5.82 Å². The maximum atomic E-state index is 13.1. The van der Waals surface area contributed by atoms with Crippen LogP contribution in [0.5, 0.6) is 0 Å². The lowest BCUT2D eigenvalue weighted by Gasteiger charge is -2.38. The number of carbonyl (C=O) groups is 1. The van der Waals surface area contributed by atoms with E-state index in [9.17, 15) is 9.18 Å². The molecule has 1 saturated heterocycles. The molecule has 0 N–H and O–H groups in total. The first-order valence-electron chi connectivity index (χ1n) is 10.1. The summed E-state index contributed by atoms with van der Waals surface area (Å²) in [5.74, 6) is 0.0790. The van der Waals surface area contributed by atoms with Crippen molar-refractivity contribution in [1.29, 1.82) is 0 Å². The van der Waals surface area contributed by atoms with Crippen LogP contribution in [0.25, 0.3) is 0 Å². The SMILES string of the molecule is O=C(c1ccco1)N(c1ccccc1)C1CCN(CCc2ccc([18F])cc2)CC1. The molecule has 4 rings (SSSR count).